The van der Waals surface area contributed by atoms with Crippen LogP contribution < -0.4 is 5.32 Å². The summed E-state index contributed by atoms with van der Waals surface area (Å²) in [6.45, 7) is -0.222. The van der Waals surface area contributed by atoms with Gasteiger partial charge in [-0.3, -0.25) is 19.7 Å². The molecule has 0 aliphatic heterocycles. The van der Waals surface area contributed by atoms with E-state index in [0.717, 1.165) is 0 Å². The Labute approximate surface area is 169 Å². The second-order valence-electron chi connectivity index (χ2n) is 6.03. The summed E-state index contributed by atoms with van der Waals surface area (Å²) >= 11 is 11.7. The van der Waals surface area contributed by atoms with Gasteiger partial charge in [0.2, 0.25) is 5.91 Å². The first-order valence-corrected chi connectivity index (χ1v) is 8.77. The van der Waals surface area contributed by atoms with Gasteiger partial charge in [0.05, 0.1) is 27.1 Å². The van der Waals surface area contributed by atoms with Crippen LogP contribution in [0.4, 0.5) is 11.4 Å². The largest absolute Gasteiger partial charge is 0.360 e. The maximum absolute atomic E-state index is 12.7. The number of non-ortho nitro benzene ring substituents is 1. The summed E-state index contributed by atoms with van der Waals surface area (Å²) in [6, 6.07) is 8.84. The van der Waals surface area contributed by atoms with Gasteiger partial charge in [0.25, 0.3) is 11.6 Å². The summed E-state index contributed by atoms with van der Waals surface area (Å²) in [5.74, 6) is -0.879. The Morgan fingerprint density at radius 3 is 2.61 bits per heavy atom. The third kappa shape index (κ3) is 4.08. The lowest BCUT2D eigenvalue weighted by Gasteiger charge is -2.16. The standard InChI is InChI=1S/C18H14Cl2N4O4/c1-23(9-17(25)22-10-2-4-14(19)15(20)6-10)18(26)13-8-21-16-5-3-11(24(27)28)7-12(13)16/h2-8,21H,9H2,1H3,(H,22,25). The molecule has 0 unspecified atom stereocenters. The molecular weight excluding hydrogens is 407 g/mol. The topological polar surface area (TPSA) is 108 Å². The zero-order chi connectivity index (χ0) is 20.4. The summed E-state index contributed by atoms with van der Waals surface area (Å²) in [4.78, 5) is 39.5. The molecule has 1 aromatic heterocycles. The molecule has 3 aromatic rings. The summed E-state index contributed by atoms with van der Waals surface area (Å²) in [5.41, 5.74) is 1.15. The quantitative estimate of drug-likeness (QED) is 0.478. The van der Waals surface area contributed by atoms with E-state index in [2.05, 4.69) is 10.3 Å². The molecule has 0 spiro atoms. The molecule has 10 heteroatoms. The second-order valence-corrected chi connectivity index (χ2v) is 6.84. The molecule has 0 radical (unpaired) electrons. The molecule has 1 heterocycles. The maximum atomic E-state index is 12.7. The van der Waals surface area contributed by atoms with Crippen molar-refractivity contribution in [3.63, 3.8) is 0 Å². The van der Waals surface area contributed by atoms with Gasteiger partial charge in [-0.05, 0) is 24.3 Å². The maximum Gasteiger partial charge on any atom is 0.270 e. The fourth-order valence-corrected chi connectivity index (χ4v) is 2.96. The first kappa shape index (κ1) is 19.7. The van der Waals surface area contributed by atoms with Crippen molar-refractivity contribution >= 4 is 57.3 Å². The van der Waals surface area contributed by atoms with Crippen molar-refractivity contribution in [1.82, 2.24) is 9.88 Å². The Hall–Kier alpha value is -3.10. The number of rotatable bonds is 5. The lowest BCUT2D eigenvalue weighted by atomic mass is 10.1. The van der Waals surface area contributed by atoms with Crippen molar-refractivity contribution in [2.24, 2.45) is 0 Å². The lowest BCUT2D eigenvalue weighted by Crippen LogP contribution is -2.34. The molecule has 3 rings (SSSR count). The van der Waals surface area contributed by atoms with Gasteiger partial charge in [-0.2, -0.15) is 0 Å². The van der Waals surface area contributed by atoms with E-state index in [1.807, 2.05) is 0 Å². The van der Waals surface area contributed by atoms with Crippen molar-refractivity contribution in [2.75, 3.05) is 18.9 Å². The van der Waals surface area contributed by atoms with Gasteiger partial charge in [0.1, 0.15) is 0 Å². The normalized spacial score (nSPS) is 10.7. The number of benzene rings is 2. The van der Waals surface area contributed by atoms with Crippen molar-refractivity contribution in [1.29, 1.82) is 0 Å². The molecule has 0 saturated heterocycles. The highest BCUT2D eigenvalue weighted by Gasteiger charge is 2.20. The number of nitrogens with zero attached hydrogens (tertiary/aromatic N) is 2. The summed E-state index contributed by atoms with van der Waals surface area (Å²) < 4.78 is 0. The Bertz CT molecular complexity index is 1100. The van der Waals surface area contributed by atoms with Crippen LogP contribution in [-0.2, 0) is 4.79 Å². The van der Waals surface area contributed by atoms with Gasteiger partial charge in [0, 0.05) is 42.0 Å². The van der Waals surface area contributed by atoms with Crippen LogP contribution >= 0.6 is 23.2 Å². The molecule has 2 amide bonds. The van der Waals surface area contributed by atoms with E-state index in [1.165, 1.54) is 42.4 Å². The van der Waals surface area contributed by atoms with Gasteiger partial charge in [-0.1, -0.05) is 23.2 Å². The Balaban J connectivity index is 1.74. The number of H-pyrrole nitrogens is 1. The fourth-order valence-electron chi connectivity index (χ4n) is 2.67. The van der Waals surface area contributed by atoms with Crippen LogP contribution in [0.5, 0.6) is 0 Å². The number of nitro benzene ring substituents is 1. The summed E-state index contributed by atoms with van der Waals surface area (Å²) in [6.07, 6.45) is 1.46. The highest BCUT2D eigenvalue weighted by molar-refractivity contribution is 6.42. The molecule has 2 aromatic carbocycles. The highest BCUT2D eigenvalue weighted by Crippen LogP contribution is 2.26. The van der Waals surface area contributed by atoms with Crippen molar-refractivity contribution in [2.45, 2.75) is 0 Å². The Kier molecular flexibility index (Phi) is 5.53. The number of nitrogens with one attached hydrogen (secondary N) is 2. The van der Waals surface area contributed by atoms with E-state index in [4.69, 9.17) is 23.2 Å². The highest BCUT2D eigenvalue weighted by atomic mass is 35.5. The Morgan fingerprint density at radius 1 is 1.18 bits per heavy atom. The van der Waals surface area contributed by atoms with Crippen molar-refractivity contribution < 1.29 is 14.5 Å². The van der Waals surface area contributed by atoms with E-state index in [0.29, 0.717) is 26.6 Å². The van der Waals surface area contributed by atoms with Gasteiger partial charge < -0.3 is 15.2 Å². The number of carbonyl (C=O) groups excluding carboxylic acids is 2. The van der Waals surface area contributed by atoms with E-state index < -0.39 is 16.7 Å². The molecule has 0 bridgehead atoms. The van der Waals surface area contributed by atoms with Crippen LogP contribution in [0.15, 0.2) is 42.6 Å². The first-order chi connectivity index (χ1) is 13.3. The zero-order valence-electron chi connectivity index (χ0n) is 14.5. The number of fused-ring (bicyclic) bond motifs is 1. The summed E-state index contributed by atoms with van der Waals surface area (Å²) in [7, 11) is 1.47. The fraction of sp³-hybridized carbons (Fsp3) is 0.111. The first-order valence-electron chi connectivity index (χ1n) is 8.02. The number of carbonyl (C=O) groups is 2. The zero-order valence-corrected chi connectivity index (χ0v) is 16.0. The molecule has 144 valence electrons. The van der Waals surface area contributed by atoms with Crippen LogP contribution in [0, 0.1) is 10.1 Å². The van der Waals surface area contributed by atoms with Crippen LogP contribution in [0.25, 0.3) is 10.9 Å². The van der Waals surface area contributed by atoms with E-state index in [-0.39, 0.29) is 17.8 Å². The number of aromatic amines is 1. The molecular formula is C18H14Cl2N4O4. The molecule has 8 nitrogen and oxygen atoms in total. The number of hydrogen-bond acceptors (Lipinski definition) is 4. The third-order valence-electron chi connectivity index (χ3n) is 4.04. The number of halogens is 2. The molecule has 2 N–H and O–H groups in total. The van der Waals surface area contributed by atoms with E-state index in [9.17, 15) is 19.7 Å². The van der Waals surface area contributed by atoms with Gasteiger partial charge in [-0.15, -0.1) is 0 Å². The number of amides is 2. The number of likely N-dealkylation sites (N-methyl/N-ethyl adjacent to an activating group) is 1. The predicted octanol–water partition coefficient (Wildman–Crippen LogP) is 4.09. The monoisotopic (exact) mass is 420 g/mol. The van der Waals surface area contributed by atoms with Crippen LogP contribution in [0.3, 0.4) is 0 Å². The molecule has 0 atom stereocenters. The minimum atomic E-state index is -0.533. The molecule has 0 saturated carbocycles. The minimum absolute atomic E-state index is 0.124. The average Bonchev–Trinajstić information content (AvgIpc) is 3.07. The minimum Gasteiger partial charge on any atom is -0.360 e. The van der Waals surface area contributed by atoms with Crippen molar-refractivity contribution in [3.8, 4) is 0 Å². The van der Waals surface area contributed by atoms with Gasteiger partial charge in [-0.25, -0.2) is 0 Å². The molecule has 0 aliphatic rings. The number of anilines is 1. The van der Waals surface area contributed by atoms with E-state index in [1.54, 1.807) is 12.1 Å². The predicted molar refractivity (Wildman–Crippen MR) is 107 cm³/mol. The van der Waals surface area contributed by atoms with E-state index >= 15 is 0 Å². The van der Waals surface area contributed by atoms with Gasteiger partial charge in [0.15, 0.2) is 0 Å². The van der Waals surface area contributed by atoms with Crippen LogP contribution in [0.1, 0.15) is 10.4 Å². The lowest BCUT2D eigenvalue weighted by molar-refractivity contribution is -0.384. The van der Waals surface area contributed by atoms with Crippen LogP contribution in [-0.4, -0.2) is 40.2 Å². The SMILES string of the molecule is CN(CC(=O)Nc1ccc(Cl)c(Cl)c1)C(=O)c1c[nH]c2ccc([N+](=O)[O-])cc12. The molecule has 0 aliphatic carbocycles. The molecule has 28 heavy (non-hydrogen) atoms. The second kappa shape index (κ2) is 7.87. The number of aromatic nitrogens is 1. The molecule has 0 fully saturated rings. The van der Waals surface area contributed by atoms with Crippen molar-refractivity contribution in [3.05, 3.63) is 68.3 Å². The number of hydrogen-bond donors (Lipinski definition) is 2. The third-order valence-corrected chi connectivity index (χ3v) is 4.78. The Morgan fingerprint density at radius 2 is 1.93 bits per heavy atom. The smallest absolute Gasteiger partial charge is 0.270 e. The van der Waals surface area contributed by atoms with Crippen LogP contribution in [0.2, 0.25) is 10.0 Å². The van der Waals surface area contributed by atoms with Gasteiger partial charge >= 0.3 is 0 Å². The number of nitro groups is 1. The average molecular weight is 421 g/mol. The summed E-state index contributed by atoms with van der Waals surface area (Å²) in [5, 5.41) is 14.7.